The number of rotatable bonds is 10. The summed E-state index contributed by atoms with van der Waals surface area (Å²) in [4.78, 5) is 28.0. The van der Waals surface area contributed by atoms with Crippen LogP contribution in [-0.2, 0) is 21.1 Å². The minimum Gasteiger partial charge on any atom is -0.326 e. The van der Waals surface area contributed by atoms with Gasteiger partial charge in [-0.25, -0.2) is 13.4 Å². The van der Waals surface area contributed by atoms with Crippen molar-refractivity contribution in [2.24, 2.45) is 5.92 Å². The SMILES string of the molecule is CCCN(C(=O)c1ccc(NC(=O)Cc2ccc(S(=O)(=O)CC3CC3)cc2)cc1)C1CC(C)NN1C. The van der Waals surface area contributed by atoms with E-state index < -0.39 is 9.84 Å². The van der Waals surface area contributed by atoms with Crippen LogP contribution in [0.3, 0.4) is 0 Å². The number of nitrogens with one attached hydrogen (secondary N) is 2. The van der Waals surface area contributed by atoms with E-state index >= 15 is 0 Å². The highest BCUT2D eigenvalue weighted by Gasteiger charge is 2.34. The summed E-state index contributed by atoms with van der Waals surface area (Å²) < 4.78 is 24.8. The molecule has 2 aromatic rings. The molecular weight excluding hydrogens is 476 g/mol. The lowest BCUT2D eigenvalue weighted by molar-refractivity contribution is -0.115. The molecule has 4 rings (SSSR count). The van der Waals surface area contributed by atoms with E-state index in [4.69, 9.17) is 0 Å². The maximum Gasteiger partial charge on any atom is 0.255 e. The van der Waals surface area contributed by atoms with Gasteiger partial charge in [-0.15, -0.1) is 0 Å². The molecule has 0 radical (unpaired) electrons. The zero-order valence-corrected chi connectivity index (χ0v) is 22.1. The first kappa shape index (κ1) is 26.3. The number of amides is 2. The van der Waals surface area contributed by atoms with E-state index in [-0.39, 0.29) is 30.2 Å². The second kappa shape index (κ2) is 11.1. The van der Waals surface area contributed by atoms with Gasteiger partial charge in [0.2, 0.25) is 5.91 Å². The highest BCUT2D eigenvalue weighted by atomic mass is 32.2. The molecule has 1 aliphatic carbocycles. The summed E-state index contributed by atoms with van der Waals surface area (Å²) in [7, 11) is -1.30. The fourth-order valence-corrected chi connectivity index (χ4v) is 6.38. The van der Waals surface area contributed by atoms with Gasteiger partial charge in [0.25, 0.3) is 5.91 Å². The van der Waals surface area contributed by atoms with Crippen molar-refractivity contribution in [1.29, 1.82) is 0 Å². The highest BCUT2D eigenvalue weighted by molar-refractivity contribution is 7.91. The molecule has 2 amide bonds. The first-order chi connectivity index (χ1) is 17.2. The van der Waals surface area contributed by atoms with Crippen LogP contribution in [-0.4, -0.2) is 61.7 Å². The van der Waals surface area contributed by atoms with Crippen LogP contribution >= 0.6 is 0 Å². The van der Waals surface area contributed by atoms with Crippen LogP contribution < -0.4 is 10.7 Å². The van der Waals surface area contributed by atoms with Crippen molar-refractivity contribution in [1.82, 2.24) is 15.3 Å². The molecule has 194 valence electrons. The lowest BCUT2D eigenvalue weighted by Gasteiger charge is -2.32. The predicted octanol–water partition coefficient (Wildman–Crippen LogP) is 3.46. The molecule has 1 aliphatic heterocycles. The summed E-state index contributed by atoms with van der Waals surface area (Å²) in [6, 6.07) is 13.8. The Morgan fingerprint density at radius 2 is 1.75 bits per heavy atom. The Labute approximate surface area is 213 Å². The molecule has 2 fully saturated rings. The third kappa shape index (κ3) is 6.52. The molecule has 36 heavy (non-hydrogen) atoms. The third-order valence-corrected chi connectivity index (χ3v) is 8.64. The zero-order valence-electron chi connectivity index (χ0n) is 21.2. The van der Waals surface area contributed by atoms with E-state index in [1.165, 1.54) is 0 Å². The molecule has 1 saturated heterocycles. The summed E-state index contributed by atoms with van der Waals surface area (Å²) in [5.41, 5.74) is 5.27. The fourth-order valence-electron chi connectivity index (χ4n) is 4.68. The molecule has 2 aromatic carbocycles. The van der Waals surface area contributed by atoms with E-state index in [1.807, 2.05) is 17.0 Å². The Hall–Kier alpha value is -2.75. The van der Waals surface area contributed by atoms with Gasteiger partial charge in [-0.3, -0.25) is 15.0 Å². The second-order valence-electron chi connectivity index (χ2n) is 10.0. The van der Waals surface area contributed by atoms with E-state index in [9.17, 15) is 18.0 Å². The van der Waals surface area contributed by atoms with Crippen molar-refractivity contribution in [3.05, 3.63) is 59.7 Å². The van der Waals surface area contributed by atoms with Gasteiger partial charge >= 0.3 is 0 Å². The van der Waals surface area contributed by atoms with Crippen LogP contribution in [0.5, 0.6) is 0 Å². The molecule has 2 N–H and O–H groups in total. The van der Waals surface area contributed by atoms with Crippen LogP contribution in [0.4, 0.5) is 5.69 Å². The quantitative estimate of drug-likeness (QED) is 0.506. The van der Waals surface area contributed by atoms with Crippen LogP contribution in [0.25, 0.3) is 0 Å². The fraction of sp³-hybridized carbons (Fsp3) is 0.481. The number of carbonyl (C=O) groups is 2. The topological polar surface area (TPSA) is 98.8 Å². The maximum atomic E-state index is 13.3. The Balaban J connectivity index is 1.34. The zero-order chi connectivity index (χ0) is 25.9. The van der Waals surface area contributed by atoms with E-state index in [2.05, 4.69) is 24.6 Å². The molecule has 0 spiro atoms. The number of carbonyl (C=O) groups excluding carboxylic acids is 2. The Morgan fingerprint density at radius 3 is 2.31 bits per heavy atom. The van der Waals surface area contributed by atoms with Crippen molar-refractivity contribution >= 4 is 27.3 Å². The molecule has 2 unspecified atom stereocenters. The van der Waals surface area contributed by atoms with E-state index in [0.717, 1.165) is 31.2 Å². The van der Waals surface area contributed by atoms with E-state index in [1.54, 1.807) is 48.5 Å². The van der Waals surface area contributed by atoms with Crippen molar-refractivity contribution in [3.8, 4) is 0 Å². The normalized spacial score (nSPS) is 20.3. The molecule has 0 aromatic heterocycles. The molecule has 1 heterocycles. The number of hydrazine groups is 1. The number of benzene rings is 2. The van der Waals surface area contributed by atoms with Crippen molar-refractivity contribution in [2.75, 3.05) is 24.7 Å². The molecule has 9 heteroatoms. The standard InChI is InChI=1S/C27H36N4O4S/c1-4-15-31(26-16-19(2)29-30(26)3)27(33)22-9-11-23(12-10-22)28-25(32)17-20-7-13-24(14-8-20)36(34,35)18-21-5-6-21/h7-14,19,21,26,29H,4-6,15-18H2,1-3H3,(H,28,32). The van der Waals surface area contributed by atoms with Gasteiger partial charge in [0.05, 0.1) is 23.2 Å². The number of anilines is 1. The summed E-state index contributed by atoms with van der Waals surface area (Å²) in [6.07, 6.45) is 3.83. The Morgan fingerprint density at radius 1 is 1.08 bits per heavy atom. The average molecular weight is 513 g/mol. The minimum absolute atomic E-state index is 0.00177. The molecule has 1 saturated carbocycles. The molecule has 0 bridgehead atoms. The van der Waals surface area contributed by atoms with Crippen LogP contribution in [0.15, 0.2) is 53.4 Å². The maximum absolute atomic E-state index is 13.3. The first-order valence-corrected chi connectivity index (χ1v) is 14.3. The Bertz CT molecular complexity index is 1180. The van der Waals surface area contributed by atoms with Crippen LogP contribution in [0.1, 0.15) is 55.5 Å². The van der Waals surface area contributed by atoms with Gasteiger partial charge in [0, 0.05) is 30.9 Å². The lowest BCUT2D eigenvalue weighted by atomic mass is 10.1. The molecule has 2 aliphatic rings. The van der Waals surface area contributed by atoms with Gasteiger partial charge in [-0.1, -0.05) is 19.1 Å². The monoisotopic (exact) mass is 512 g/mol. The van der Waals surface area contributed by atoms with Crippen LogP contribution in [0, 0.1) is 5.92 Å². The highest BCUT2D eigenvalue weighted by Crippen LogP contribution is 2.32. The summed E-state index contributed by atoms with van der Waals surface area (Å²) in [6.45, 7) is 4.83. The number of nitrogens with zero attached hydrogens (tertiary/aromatic N) is 2. The van der Waals surface area contributed by atoms with Gasteiger partial charge in [0.1, 0.15) is 0 Å². The van der Waals surface area contributed by atoms with Crippen molar-refractivity contribution < 1.29 is 18.0 Å². The molecule has 2 atom stereocenters. The number of hydrogen-bond donors (Lipinski definition) is 2. The van der Waals surface area contributed by atoms with Gasteiger partial charge in [-0.2, -0.15) is 0 Å². The van der Waals surface area contributed by atoms with Crippen LogP contribution in [0.2, 0.25) is 0 Å². The van der Waals surface area contributed by atoms with Crippen molar-refractivity contribution in [3.63, 3.8) is 0 Å². The molecule has 8 nitrogen and oxygen atoms in total. The summed E-state index contributed by atoms with van der Waals surface area (Å²) in [5.74, 6) is 0.262. The van der Waals surface area contributed by atoms with Gasteiger partial charge < -0.3 is 10.2 Å². The van der Waals surface area contributed by atoms with Crippen molar-refractivity contribution in [2.45, 2.75) is 63.1 Å². The molecular formula is C27H36N4O4S. The number of hydrogen-bond acceptors (Lipinski definition) is 6. The lowest BCUT2D eigenvalue weighted by Crippen LogP contribution is -2.49. The van der Waals surface area contributed by atoms with Gasteiger partial charge in [0.15, 0.2) is 9.84 Å². The largest absolute Gasteiger partial charge is 0.326 e. The van der Waals surface area contributed by atoms with Gasteiger partial charge in [-0.05, 0) is 80.5 Å². The third-order valence-electron chi connectivity index (χ3n) is 6.74. The minimum atomic E-state index is -3.26. The smallest absolute Gasteiger partial charge is 0.255 e. The predicted molar refractivity (Wildman–Crippen MR) is 140 cm³/mol. The van der Waals surface area contributed by atoms with E-state index in [0.29, 0.717) is 34.7 Å². The first-order valence-electron chi connectivity index (χ1n) is 12.7. The number of sulfone groups is 1. The summed E-state index contributed by atoms with van der Waals surface area (Å²) >= 11 is 0. The second-order valence-corrected chi connectivity index (χ2v) is 12.1. The Kier molecular flexibility index (Phi) is 8.12. The summed E-state index contributed by atoms with van der Waals surface area (Å²) in [5, 5.41) is 4.86. The average Bonchev–Trinajstić information content (AvgIpc) is 3.58.